The third kappa shape index (κ3) is 4.37. The van der Waals surface area contributed by atoms with E-state index in [1.165, 1.54) is 36.4 Å². The first kappa shape index (κ1) is 22.3. The predicted octanol–water partition coefficient (Wildman–Crippen LogP) is 5.26. The highest BCUT2D eigenvalue weighted by Crippen LogP contribution is 2.35. The lowest BCUT2D eigenvalue weighted by atomic mass is 10.0. The average molecular weight is 454 g/mol. The van der Waals surface area contributed by atoms with E-state index in [2.05, 4.69) is 0 Å². The van der Waals surface area contributed by atoms with Crippen LogP contribution in [0.4, 0.5) is 23.2 Å². The van der Waals surface area contributed by atoms with Crippen LogP contribution in [0.15, 0.2) is 84.6 Å². The van der Waals surface area contributed by atoms with Crippen molar-refractivity contribution in [2.75, 3.05) is 11.9 Å². The smallest absolute Gasteiger partial charge is 0.339 e. The Bertz CT molecular complexity index is 1240. The molecule has 0 saturated carbocycles. The van der Waals surface area contributed by atoms with Gasteiger partial charge in [0.2, 0.25) is 0 Å². The Morgan fingerprint density at radius 1 is 0.848 bits per heavy atom. The number of halogens is 4. The first-order valence-electron chi connectivity index (χ1n) is 9.98. The van der Waals surface area contributed by atoms with E-state index in [0.717, 1.165) is 17.0 Å². The topological polar surface area (TPSA) is 40.6 Å². The highest BCUT2D eigenvalue weighted by atomic mass is 19.4. The summed E-state index contributed by atoms with van der Waals surface area (Å²) in [6, 6.07) is 18.5. The summed E-state index contributed by atoms with van der Waals surface area (Å²) < 4.78 is 52.8. The lowest BCUT2D eigenvalue weighted by Gasteiger charge is -2.21. The molecule has 0 bridgehead atoms. The molecular weight excluding hydrogens is 436 g/mol. The molecule has 0 spiro atoms. The van der Waals surface area contributed by atoms with Gasteiger partial charge in [0.25, 0.3) is 11.8 Å². The molecule has 3 aromatic rings. The Morgan fingerprint density at radius 3 is 2.15 bits per heavy atom. The minimum Gasteiger partial charge on any atom is -0.339 e. The number of hydrogen-bond donors (Lipinski definition) is 0. The number of alkyl halides is 3. The lowest BCUT2D eigenvalue weighted by molar-refractivity contribution is -0.137. The van der Waals surface area contributed by atoms with Crippen molar-refractivity contribution in [2.24, 2.45) is 0 Å². The molecule has 168 valence electrons. The van der Waals surface area contributed by atoms with Gasteiger partial charge in [-0.1, -0.05) is 42.5 Å². The zero-order chi connectivity index (χ0) is 23.8. The standard InChI is InChI=1S/C25H18F4N2O2/c1-30(20-8-3-2-4-9-20)22-21(17-10-12-19(26)13-11-17)23(32)31(24(22)33)15-16-6-5-7-18(14-16)25(27,28)29/h2-14H,15H2,1H3. The van der Waals surface area contributed by atoms with Crippen molar-refractivity contribution in [1.29, 1.82) is 0 Å². The maximum absolute atomic E-state index is 13.5. The van der Waals surface area contributed by atoms with Crippen molar-refractivity contribution in [3.05, 3.63) is 107 Å². The van der Waals surface area contributed by atoms with Crippen molar-refractivity contribution in [3.8, 4) is 0 Å². The van der Waals surface area contributed by atoms with Crippen LogP contribution in [-0.4, -0.2) is 23.8 Å². The van der Waals surface area contributed by atoms with Gasteiger partial charge in [-0.05, 0) is 47.5 Å². The van der Waals surface area contributed by atoms with Crippen LogP contribution in [0.3, 0.4) is 0 Å². The second kappa shape index (κ2) is 8.54. The van der Waals surface area contributed by atoms with Crippen LogP contribution in [0.25, 0.3) is 5.57 Å². The number of para-hydroxylation sites is 1. The third-order valence-electron chi connectivity index (χ3n) is 5.35. The molecular formula is C25H18F4N2O2. The summed E-state index contributed by atoms with van der Waals surface area (Å²) in [5, 5.41) is 0. The fourth-order valence-corrected chi connectivity index (χ4v) is 3.70. The van der Waals surface area contributed by atoms with Crippen molar-refractivity contribution >= 4 is 23.1 Å². The molecule has 33 heavy (non-hydrogen) atoms. The van der Waals surface area contributed by atoms with Crippen molar-refractivity contribution in [3.63, 3.8) is 0 Å². The van der Waals surface area contributed by atoms with Gasteiger partial charge < -0.3 is 4.90 Å². The Hall–Kier alpha value is -3.94. The fourth-order valence-electron chi connectivity index (χ4n) is 3.70. The number of likely N-dealkylation sites (N-methyl/N-ethyl adjacent to an activating group) is 1. The molecule has 0 atom stereocenters. The number of anilines is 1. The second-order valence-electron chi connectivity index (χ2n) is 7.52. The van der Waals surface area contributed by atoms with Gasteiger partial charge in [-0.15, -0.1) is 0 Å². The molecule has 0 radical (unpaired) electrons. The van der Waals surface area contributed by atoms with E-state index < -0.39 is 29.4 Å². The van der Waals surface area contributed by atoms with Crippen LogP contribution in [0.5, 0.6) is 0 Å². The SMILES string of the molecule is CN(C1=C(c2ccc(F)cc2)C(=O)N(Cc2cccc(C(F)(F)F)c2)C1=O)c1ccccc1. The van der Waals surface area contributed by atoms with Gasteiger partial charge in [0.1, 0.15) is 11.5 Å². The van der Waals surface area contributed by atoms with Crippen molar-refractivity contribution in [1.82, 2.24) is 4.90 Å². The van der Waals surface area contributed by atoms with Gasteiger partial charge in [0.05, 0.1) is 17.7 Å². The summed E-state index contributed by atoms with van der Waals surface area (Å²) >= 11 is 0. The number of carbonyl (C=O) groups excluding carboxylic acids is 2. The summed E-state index contributed by atoms with van der Waals surface area (Å²) in [6.45, 7) is -0.335. The number of hydrogen-bond acceptors (Lipinski definition) is 3. The quantitative estimate of drug-likeness (QED) is 0.390. The first-order chi connectivity index (χ1) is 15.7. The molecule has 0 N–H and O–H groups in total. The monoisotopic (exact) mass is 454 g/mol. The highest BCUT2D eigenvalue weighted by molar-refractivity contribution is 6.36. The number of amides is 2. The fraction of sp³-hybridized carbons (Fsp3) is 0.120. The molecule has 0 unspecified atom stereocenters. The van der Waals surface area contributed by atoms with Crippen molar-refractivity contribution < 1.29 is 27.2 Å². The molecule has 1 aliphatic heterocycles. The summed E-state index contributed by atoms with van der Waals surface area (Å²) in [6.07, 6.45) is -4.55. The number of carbonyl (C=O) groups is 2. The molecule has 4 rings (SSSR count). The van der Waals surface area contributed by atoms with Gasteiger partial charge in [-0.25, -0.2) is 4.39 Å². The number of rotatable bonds is 5. The summed E-state index contributed by atoms with van der Waals surface area (Å²) in [5.41, 5.74) is 0.373. The van der Waals surface area contributed by atoms with E-state index in [-0.39, 0.29) is 23.4 Å². The predicted molar refractivity (Wildman–Crippen MR) is 115 cm³/mol. The van der Waals surface area contributed by atoms with Crippen LogP contribution < -0.4 is 4.90 Å². The summed E-state index contributed by atoms with van der Waals surface area (Å²) in [5.74, 6) is -1.82. The molecule has 4 nitrogen and oxygen atoms in total. The van der Waals surface area contributed by atoms with E-state index in [4.69, 9.17) is 0 Å². The Morgan fingerprint density at radius 2 is 1.52 bits per heavy atom. The van der Waals surface area contributed by atoms with Gasteiger partial charge in [-0.3, -0.25) is 14.5 Å². The zero-order valence-corrected chi connectivity index (χ0v) is 17.4. The lowest BCUT2D eigenvalue weighted by Crippen LogP contribution is -2.33. The van der Waals surface area contributed by atoms with Crippen LogP contribution in [-0.2, 0) is 22.3 Å². The molecule has 1 aliphatic rings. The average Bonchev–Trinajstić information content (AvgIpc) is 3.04. The molecule has 8 heteroatoms. The van der Waals surface area contributed by atoms with Crippen molar-refractivity contribution in [2.45, 2.75) is 12.7 Å². The molecule has 3 aromatic carbocycles. The largest absolute Gasteiger partial charge is 0.416 e. The normalized spacial score (nSPS) is 14.3. The molecule has 2 amide bonds. The van der Waals surface area contributed by atoms with E-state index in [0.29, 0.717) is 11.3 Å². The van der Waals surface area contributed by atoms with Crippen LogP contribution in [0, 0.1) is 5.82 Å². The maximum Gasteiger partial charge on any atom is 0.416 e. The second-order valence-corrected chi connectivity index (χ2v) is 7.52. The van der Waals surface area contributed by atoms with E-state index in [1.54, 1.807) is 42.3 Å². The highest BCUT2D eigenvalue weighted by Gasteiger charge is 2.41. The zero-order valence-electron chi connectivity index (χ0n) is 17.4. The first-order valence-corrected chi connectivity index (χ1v) is 9.98. The molecule has 1 heterocycles. The minimum atomic E-state index is -4.55. The number of benzene rings is 3. The Balaban J connectivity index is 1.76. The molecule has 0 saturated heterocycles. The van der Waals surface area contributed by atoms with E-state index in [1.807, 2.05) is 0 Å². The Labute approximate surface area is 187 Å². The minimum absolute atomic E-state index is 0.0540. The van der Waals surface area contributed by atoms with Crippen LogP contribution >= 0.6 is 0 Å². The van der Waals surface area contributed by atoms with Crippen LogP contribution in [0.1, 0.15) is 16.7 Å². The molecule has 0 aromatic heterocycles. The molecule has 0 aliphatic carbocycles. The van der Waals surface area contributed by atoms with E-state index >= 15 is 0 Å². The molecule has 0 fully saturated rings. The van der Waals surface area contributed by atoms with E-state index in [9.17, 15) is 27.2 Å². The third-order valence-corrected chi connectivity index (χ3v) is 5.35. The van der Waals surface area contributed by atoms with Gasteiger partial charge in [-0.2, -0.15) is 13.2 Å². The van der Waals surface area contributed by atoms with Gasteiger partial charge in [0.15, 0.2) is 0 Å². The van der Waals surface area contributed by atoms with Gasteiger partial charge >= 0.3 is 6.18 Å². The maximum atomic E-state index is 13.5. The van der Waals surface area contributed by atoms with Crippen LogP contribution in [0.2, 0.25) is 0 Å². The Kier molecular flexibility index (Phi) is 5.76. The number of imide groups is 1. The summed E-state index contributed by atoms with van der Waals surface area (Å²) in [7, 11) is 1.62. The number of nitrogens with zero attached hydrogens (tertiary/aromatic N) is 2. The summed E-state index contributed by atoms with van der Waals surface area (Å²) in [4.78, 5) is 29.2. The van der Waals surface area contributed by atoms with Gasteiger partial charge in [0, 0.05) is 12.7 Å².